The van der Waals surface area contributed by atoms with E-state index in [1.807, 2.05) is 46.7 Å². The molecule has 0 radical (unpaired) electrons. The molecule has 0 aromatic carbocycles. The van der Waals surface area contributed by atoms with Crippen molar-refractivity contribution < 1.29 is 14.7 Å². The average Bonchev–Trinajstić information content (AvgIpc) is 2.78. The van der Waals surface area contributed by atoms with Crippen molar-refractivity contribution in [3.63, 3.8) is 0 Å². The molecule has 1 aliphatic rings. The van der Waals surface area contributed by atoms with Gasteiger partial charge >= 0.3 is 5.97 Å². The van der Waals surface area contributed by atoms with Crippen LogP contribution in [-0.4, -0.2) is 48.1 Å². The predicted molar refractivity (Wildman–Crippen MR) is 69.2 cm³/mol. The number of carbonyl (C=O) groups is 2. The number of carboxylic acids is 1. The number of hydrogen-bond acceptors (Lipinski definition) is 3. The van der Waals surface area contributed by atoms with Crippen LogP contribution in [0.5, 0.6) is 0 Å². The van der Waals surface area contributed by atoms with Crippen LogP contribution in [0.2, 0.25) is 0 Å². The molecule has 5 nitrogen and oxygen atoms in total. The Morgan fingerprint density at radius 1 is 1.28 bits per heavy atom. The van der Waals surface area contributed by atoms with E-state index in [0.29, 0.717) is 6.54 Å². The first kappa shape index (κ1) is 15.0. The van der Waals surface area contributed by atoms with Crippen molar-refractivity contribution in [2.24, 2.45) is 17.3 Å². The first-order valence-corrected chi connectivity index (χ1v) is 6.20. The number of rotatable bonds is 5. The molecule has 104 valence electrons. The van der Waals surface area contributed by atoms with Gasteiger partial charge < -0.3 is 15.3 Å². The summed E-state index contributed by atoms with van der Waals surface area (Å²) in [7, 11) is 3.90. The minimum absolute atomic E-state index is 0.145. The lowest BCUT2D eigenvalue weighted by molar-refractivity contribution is -0.140. The lowest BCUT2D eigenvalue weighted by Gasteiger charge is -2.32. The van der Waals surface area contributed by atoms with E-state index in [9.17, 15) is 9.59 Å². The van der Waals surface area contributed by atoms with E-state index in [-0.39, 0.29) is 11.4 Å². The second kappa shape index (κ2) is 4.53. The third-order valence-corrected chi connectivity index (χ3v) is 4.28. The smallest absolute Gasteiger partial charge is 0.307 e. The van der Waals surface area contributed by atoms with Crippen molar-refractivity contribution in [1.29, 1.82) is 0 Å². The second-order valence-corrected chi connectivity index (χ2v) is 6.54. The zero-order chi connectivity index (χ0) is 14.3. The quantitative estimate of drug-likeness (QED) is 0.763. The standard InChI is InChI=1S/C13H24N2O3/c1-12(2,15(5)6)7-14-10(16)8-9(11(17)18)13(8,3)4/h8-9H,7H2,1-6H3,(H,14,16)(H,17,18)/t8-,9+/m1/s1. The minimum atomic E-state index is -0.882. The summed E-state index contributed by atoms with van der Waals surface area (Å²) in [6.45, 7) is 8.22. The molecule has 1 amide bonds. The Morgan fingerprint density at radius 3 is 2.11 bits per heavy atom. The fourth-order valence-electron chi connectivity index (χ4n) is 2.16. The molecule has 18 heavy (non-hydrogen) atoms. The molecular weight excluding hydrogens is 232 g/mol. The van der Waals surface area contributed by atoms with Crippen molar-refractivity contribution in [3.8, 4) is 0 Å². The van der Waals surface area contributed by atoms with Crippen molar-refractivity contribution >= 4 is 11.9 Å². The molecule has 0 aromatic rings. The number of carboxylic acid groups (broad SMARTS) is 1. The van der Waals surface area contributed by atoms with Gasteiger partial charge in [0, 0.05) is 12.1 Å². The summed E-state index contributed by atoms with van der Waals surface area (Å²) in [5.74, 6) is -2.00. The van der Waals surface area contributed by atoms with E-state index < -0.39 is 23.2 Å². The van der Waals surface area contributed by atoms with Gasteiger partial charge in [-0.1, -0.05) is 13.8 Å². The number of hydrogen-bond donors (Lipinski definition) is 2. The Morgan fingerprint density at radius 2 is 1.78 bits per heavy atom. The van der Waals surface area contributed by atoms with E-state index in [1.54, 1.807) is 0 Å². The largest absolute Gasteiger partial charge is 0.481 e. The van der Waals surface area contributed by atoms with E-state index in [2.05, 4.69) is 5.32 Å². The Bertz CT molecular complexity index is 361. The third-order valence-electron chi connectivity index (χ3n) is 4.28. The predicted octanol–water partition coefficient (Wildman–Crippen LogP) is 0.800. The summed E-state index contributed by atoms with van der Waals surface area (Å²) >= 11 is 0. The van der Waals surface area contributed by atoms with Crippen LogP contribution in [0.15, 0.2) is 0 Å². The second-order valence-electron chi connectivity index (χ2n) is 6.54. The summed E-state index contributed by atoms with van der Waals surface area (Å²) in [6.07, 6.45) is 0. The van der Waals surface area contributed by atoms with Crippen LogP contribution in [-0.2, 0) is 9.59 Å². The summed E-state index contributed by atoms with van der Waals surface area (Å²) in [4.78, 5) is 25.1. The van der Waals surface area contributed by atoms with Crippen molar-refractivity contribution in [2.45, 2.75) is 33.2 Å². The summed E-state index contributed by atoms with van der Waals surface area (Å²) < 4.78 is 0. The SMILES string of the molecule is CN(C)C(C)(C)CNC(=O)[C@H]1[C@@H](C(=O)O)C1(C)C. The molecule has 5 heteroatoms. The summed E-state index contributed by atoms with van der Waals surface area (Å²) in [5, 5.41) is 11.9. The fourth-order valence-corrected chi connectivity index (χ4v) is 2.16. The molecule has 2 atom stereocenters. The molecule has 0 saturated heterocycles. The lowest BCUT2D eigenvalue weighted by Crippen LogP contribution is -2.48. The highest BCUT2D eigenvalue weighted by Crippen LogP contribution is 2.58. The van der Waals surface area contributed by atoms with Crippen LogP contribution in [0.3, 0.4) is 0 Å². The molecule has 0 spiro atoms. The van der Waals surface area contributed by atoms with Crippen LogP contribution >= 0.6 is 0 Å². The zero-order valence-electron chi connectivity index (χ0n) is 12.1. The normalized spacial score (nSPS) is 25.9. The molecule has 0 heterocycles. The van der Waals surface area contributed by atoms with Gasteiger partial charge in [0.15, 0.2) is 0 Å². The minimum Gasteiger partial charge on any atom is -0.481 e. The van der Waals surface area contributed by atoms with Crippen LogP contribution in [0, 0.1) is 17.3 Å². The van der Waals surface area contributed by atoms with E-state index in [0.717, 1.165) is 0 Å². The van der Waals surface area contributed by atoms with Crippen LogP contribution in [0.4, 0.5) is 0 Å². The highest BCUT2D eigenvalue weighted by Gasteiger charge is 2.65. The molecule has 1 saturated carbocycles. The molecule has 1 rings (SSSR count). The topological polar surface area (TPSA) is 69.6 Å². The van der Waals surface area contributed by atoms with E-state index in [4.69, 9.17) is 5.11 Å². The highest BCUT2D eigenvalue weighted by atomic mass is 16.4. The molecule has 0 unspecified atom stereocenters. The number of amides is 1. The van der Waals surface area contributed by atoms with Gasteiger partial charge in [0.1, 0.15) is 0 Å². The number of nitrogens with one attached hydrogen (secondary N) is 1. The monoisotopic (exact) mass is 256 g/mol. The van der Waals surface area contributed by atoms with Gasteiger partial charge in [-0.05, 0) is 33.4 Å². The van der Waals surface area contributed by atoms with Gasteiger partial charge in [-0.25, -0.2) is 0 Å². The van der Waals surface area contributed by atoms with Crippen molar-refractivity contribution in [2.75, 3.05) is 20.6 Å². The van der Waals surface area contributed by atoms with Crippen molar-refractivity contribution in [3.05, 3.63) is 0 Å². The van der Waals surface area contributed by atoms with Gasteiger partial charge in [-0.15, -0.1) is 0 Å². The Kier molecular flexibility index (Phi) is 3.77. The molecule has 0 aromatic heterocycles. The lowest BCUT2D eigenvalue weighted by atomic mass is 10.0. The van der Waals surface area contributed by atoms with Crippen LogP contribution < -0.4 is 5.32 Å². The van der Waals surface area contributed by atoms with Gasteiger partial charge in [0.2, 0.25) is 5.91 Å². The highest BCUT2D eigenvalue weighted by molar-refractivity contribution is 5.91. The maximum absolute atomic E-state index is 12.0. The van der Waals surface area contributed by atoms with Gasteiger partial charge in [-0.3, -0.25) is 9.59 Å². The maximum Gasteiger partial charge on any atom is 0.307 e. The molecule has 0 aliphatic heterocycles. The number of carbonyl (C=O) groups excluding carboxylic acids is 1. The summed E-state index contributed by atoms with van der Waals surface area (Å²) in [6, 6.07) is 0. The third kappa shape index (κ3) is 2.66. The van der Waals surface area contributed by atoms with Crippen molar-refractivity contribution in [1.82, 2.24) is 10.2 Å². The van der Waals surface area contributed by atoms with Crippen LogP contribution in [0.25, 0.3) is 0 Å². The molecule has 1 aliphatic carbocycles. The Hall–Kier alpha value is -1.10. The number of likely N-dealkylation sites (N-methyl/N-ethyl adjacent to an activating group) is 1. The number of aliphatic carboxylic acids is 1. The fraction of sp³-hybridized carbons (Fsp3) is 0.846. The first-order valence-electron chi connectivity index (χ1n) is 6.20. The average molecular weight is 256 g/mol. The number of nitrogens with zero attached hydrogens (tertiary/aromatic N) is 1. The van der Waals surface area contributed by atoms with E-state index >= 15 is 0 Å². The Balaban J connectivity index is 2.57. The van der Waals surface area contributed by atoms with Gasteiger partial charge in [-0.2, -0.15) is 0 Å². The Labute approximate surface area is 109 Å². The van der Waals surface area contributed by atoms with Crippen LogP contribution in [0.1, 0.15) is 27.7 Å². The van der Waals surface area contributed by atoms with Gasteiger partial charge in [0.05, 0.1) is 11.8 Å². The maximum atomic E-state index is 12.0. The molecule has 1 fully saturated rings. The summed E-state index contributed by atoms with van der Waals surface area (Å²) in [5.41, 5.74) is -0.578. The zero-order valence-corrected chi connectivity index (χ0v) is 12.1. The first-order chi connectivity index (χ1) is 8.01. The molecule has 2 N–H and O–H groups in total. The van der Waals surface area contributed by atoms with Gasteiger partial charge in [0.25, 0.3) is 0 Å². The molecule has 0 bridgehead atoms. The molecular formula is C13H24N2O3. The van der Waals surface area contributed by atoms with E-state index in [1.165, 1.54) is 0 Å².